The molecule has 0 heterocycles. The lowest BCUT2D eigenvalue weighted by atomic mass is 10.1. The average molecular weight is 347 g/mol. The van der Waals surface area contributed by atoms with E-state index in [0.717, 1.165) is 30.3 Å². The lowest BCUT2D eigenvalue weighted by Crippen LogP contribution is -2.27. The lowest BCUT2D eigenvalue weighted by molar-refractivity contribution is 0.517. The van der Waals surface area contributed by atoms with Crippen molar-refractivity contribution >= 4 is 26.0 Å². The summed E-state index contributed by atoms with van der Waals surface area (Å²) in [6, 6.07) is 6.83. The average Bonchev–Trinajstić information content (AvgIpc) is 2.69. The van der Waals surface area contributed by atoms with Crippen LogP contribution in [-0.4, -0.2) is 27.8 Å². The number of sulfonamides is 1. The van der Waals surface area contributed by atoms with Crippen molar-refractivity contribution in [2.45, 2.75) is 25.3 Å². The van der Waals surface area contributed by atoms with Gasteiger partial charge in [0.2, 0.25) is 10.0 Å². The first kappa shape index (κ1) is 15.0. The third-order valence-electron chi connectivity index (χ3n) is 3.29. The van der Waals surface area contributed by atoms with Crippen molar-refractivity contribution < 1.29 is 8.42 Å². The summed E-state index contributed by atoms with van der Waals surface area (Å²) in [5.74, 6) is 0. The van der Waals surface area contributed by atoms with Gasteiger partial charge in [-0.05, 0) is 49.1 Å². The van der Waals surface area contributed by atoms with Crippen LogP contribution in [0.5, 0.6) is 0 Å². The van der Waals surface area contributed by atoms with Crippen molar-refractivity contribution in [2.24, 2.45) is 0 Å². The van der Waals surface area contributed by atoms with Crippen LogP contribution in [0, 0.1) is 0 Å². The molecule has 1 aromatic carbocycles. The molecule has 2 N–H and O–H groups in total. The van der Waals surface area contributed by atoms with E-state index in [-0.39, 0.29) is 0 Å². The fourth-order valence-electron chi connectivity index (χ4n) is 2.42. The molecule has 0 saturated heterocycles. The summed E-state index contributed by atoms with van der Waals surface area (Å²) in [7, 11) is -3.06. The topological polar surface area (TPSA) is 58.2 Å². The summed E-state index contributed by atoms with van der Waals surface area (Å²) in [5.41, 5.74) is 2.78. The zero-order chi connectivity index (χ0) is 13.9. The minimum Gasteiger partial charge on any atom is -0.310 e. The smallest absolute Gasteiger partial charge is 0.208 e. The first-order valence-electron chi connectivity index (χ1n) is 6.42. The molecule has 0 radical (unpaired) electrons. The molecule has 0 saturated carbocycles. The maximum Gasteiger partial charge on any atom is 0.208 e. The van der Waals surface area contributed by atoms with Gasteiger partial charge in [-0.3, -0.25) is 0 Å². The molecule has 0 aromatic heterocycles. The summed E-state index contributed by atoms with van der Waals surface area (Å²) >= 11 is 3.49. The Morgan fingerprint density at radius 3 is 2.89 bits per heavy atom. The summed E-state index contributed by atoms with van der Waals surface area (Å²) in [6.07, 6.45) is 4.21. The third-order valence-corrected chi connectivity index (χ3v) is 4.51. The van der Waals surface area contributed by atoms with Gasteiger partial charge in [0.05, 0.1) is 6.26 Å². The summed E-state index contributed by atoms with van der Waals surface area (Å²) in [5, 5.41) is 3.49. The van der Waals surface area contributed by atoms with Gasteiger partial charge in [-0.1, -0.05) is 22.0 Å². The Morgan fingerprint density at radius 1 is 1.37 bits per heavy atom. The van der Waals surface area contributed by atoms with E-state index in [1.165, 1.54) is 17.4 Å². The highest BCUT2D eigenvalue weighted by Crippen LogP contribution is 2.32. The molecule has 6 heteroatoms. The van der Waals surface area contributed by atoms with E-state index in [2.05, 4.69) is 44.2 Å². The molecule has 1 aromatic rings. The van der Waals surface area contributed by atoms with Crippen molar-refractivity contribution in [3.63, 3.8) is 0 Å². The van der Waals surface area contributed by atoms with Crippen LogP contribution in [0.15, 0.2) is 22.7 Å². The minimum absolute atomic E-state index is 0.404. The molecule has 0 amide bonds. The van der Waals surface area contributed by atoms with Crippen molar-refractivity contribution in [2.75, 3.05) is 19.3 Å². The van der Waals surface area contributed by atoms with Crippen molar-refractivity contribution in [1.29, 1.82) is 0 Å². The number of rotatable bonds is 6. The van der Waals surface area contributed by atoms with Gasteiger partial charge in [0.15, 0.2) is 0 Å². The first-order chi connectivity index (χ1) is 8.96. The SMILES string of the molecule is CS(=O)(=O)NCCCNC1CCc2cc(Br)ccc21. The van der Waals surface area contributed by atoms with E-state index < -0.39 is 10.0 Å². The van der Waals surface area contributed by atoms with Gasteiger partial charge < -0.3 is 5.32 Å². The zero-order valence-electron chi connectivity index (χ0n) is 10.9. The molecule has 0 fully saturated rings. The van der Waals surface area contributed by atoms with Crippen LogP contribution < -0.4 is 10.0 Å². The number of nitrogens with one attached hydrogen (secondary N) is 2. The Morgan fingerprint density at radius 2 is 2.16 bits per heavy atom. The molecule has 1 atom stereocenters. The molecule has 2 rings (SSSR count). The number of hydrogen-bond donors (Lipinski definition) is 2. The Labute approximate surface area is 123 Å². The number of halogens is 1. The third kappa shape index (κ3) is 4.56. The molecule has 0 bridgehead atoms. The van der Waals surface area contributed by atoms with E-state index in [4.69, 9.17) is 0 Å². The number of aryl methyl sites for hydroxylation is 1. The van der Waals surface area contributed by atoms with E-state index in [0.29, 0.717) is 12.6 Å². The molecule has 4 nitrogen and oxygen atoms in total. The Hall–Kier alpha value is -0.430. The van der Waals surface area contributed by atoms with Crippen LogP contribution in [0.3, 0.4) is 0 Å². The van der Waals surface area contributed by atoms with Gasteiger partial charge in [0.25, 0.3) is 0 Å². The van der Waals surface area contributed by atoms with Gasteiger partial charge in [0.1, 0.15) is 0 Å². The predicted molar refractivity (Wildman–Crippen MR) is 80.7 cm³/mol. The molecular weight excluding hydrogens is 328 g/mol. The maximum absolute atomic E-state index is 10.9. The minimum atomic E-state index is -3.06. The molecule has 106 valence electrons. The van der Waals surface area contributed by atoms with Crippen molar-refractivity contribution in [1.82, 2.24) is 10.0 Å². The van der Waals surface area contributed by atoms with Gasteiger partial charge in [-0.2, -0.15) is 0 Å². The van der Waals surface area contributed by atoms with Crippen LogP contribution in [0.25, 0.3) is 0 Å². The van der Waals surface area contributed by atoms with Crippen molar-refractivity contribution in [3.05, 3.63) is 33.8 Å². The predicted octanol–water partition coefficient (Wildman–Crippen LogP) is 1.97. The second kappa shape index (κ2) is 6.35. The highest BCUT2D eigenvalue weighted by atomic mass is 79.9. The van der Waals surface area contributed by atoms with Crippen LogP contribution in [-0.2, 0) is 16.4 Å². The molecule has 1 aliphatic rings. The first-order valence-corrected chi connectivity index (χ1v) is 9.10. The number of benzene rings is 1. The molecule has 1 unspecified atom stereocenters. The van der Waals surface area contributed by atoms with Crippen LogP contribution >= 0.6 is 15.9 Å². The van der Waals surface area contributed by atoms with Gasteiger partial charge in [0, 0.05) is 17.1 Å². The fraction of sp³-hybridized carbons (Fsp3) is 0.538. The van der Waals surface area contributed by atoms with Gasteiger partial charge >= 0.3 is 0 Å². The van der Waals surface area contributed by atoms with Crippen molar-refractivity contribution in [3.8, 4) is 0 Å². The monoisotopic (exact) mass is 346 g/mol. The standard InChI is InChI=1S/C13H19BrN2O2S/c1-19(17,18)16-8-2-7-15-13-6-3-10-9-11(14)4-5-12(10)13/h4-5,9,13,15-16H,2-3,6-8H2,1H3. The number of hydrogen-bond acceptors (Lipinski definition) is 3. The molecule has 0 spiro atoms. The second-order valence-corrected chi connectivity index (χ2v) is 7.66. The number of fused-ring (bicyclic) bond motifs is 1. The van der Waals surface area contributed by atoms with Crippen LogP contribution in [0.1, 0.15) is 30.0 Å². The molecule has 0 aliphatic heterocycles. The normalized spacial score (nSPS) is 18.5. The zero-order valence-corrected chi connectivity index (χ0v) is 13.4. The van der Waals surface area contributed by atoms with E-state index >= 15 is 0 Å². The maximum atomic E-state index is 10.9. The Bertz CT molecular complexity index is 546. The van der Waals surface area contributed by atoms with E-state index in [1.807, 2.05) is 0 Å². The summed E-state index contributed by atoms with van der Waals surface area (Å²) in [6.45, 7) is 1.31. The molecule has 1 aliphatic carbocycles. The Balaban J connectivity index is 1.77. The molecular formula is C13H19BrN2O2S. The molecule has 19 heavy (non-hydrogen) atoms. The highest BCUT2D eigenvalue weighted by Gasteiger charge is 2.21. The summed E-state index contributed by atoms with van der Waals surface area (Å²) < 4.78 is 25.4. The van der Waals surface area contributed by atoms with Gasteiger partial charge in [-0.25, -0.2) is 13.1 Å². The van der Waals surface area contributed by atoms with E-state index in [9.17, 15) is 8.42 Å². The van der Waals surface area contributed by atoms with Gasteiger partial charge in [-0.15, -0.1) is 0 Å². The Kier molecular flexibility index (Phi) is 5.00. The van der Waals surface area contributed by atoms with Crippen LogP contribution in [0.4, 0.5) is 0 Å². The highest BCUT2D eigenvalue weighted by molar-refractivity contribution is 9.10. The second-order valence-electron chi connectivity index (χ2n) is 4.91. The fourth-order valence-corrected chi connectivity index (χ4v) is 3.34. The largest absolute Gasteiger partial charge is 0.310 e. The lowest BCUT2D eigenvalue weighted by Gasteiger charge is -2.14. The summed E-state index contributed by atoms with van der Waals surface area (Å²) in [4.78, 5) is 0. The van der Waals surface area contributed by atoms with E-state index in [1.54, 1.807) is 0 Å². The quantitative estimate of drug-likeness (QED) is 0.774. The van der Waals surface area contributed by atoms with Crippen LogP contribution in [0.2, 0.25) is 0 Å².